The number of rotatable bonds is 6. The lowest BCUT2D eigenvalue weighted by Gasteiger charge is -2.14. The van der Waals surface area contributed by atoms with Gasteiger partial charge in [-0.05, 0) is 49.6 Å². The normalized spacial score (nSPS) is 11.0. The molecular weight excluding hydrogens is 394 g/mol. The van der Waals surface area contributed by atoms with Crippen LogP contribution >= 0.6 is 23.4 Å². The molecule has 3 rings (SSSR count). The number of thioether (sulfide) groups is 1. The first-order valence-corrected chi connectivity index (χ1v) is 10.5. The third kappa shape index (κ3) is 4.39. The zero-order chi connectivity index (χ0) is 20.3. The zero-order valence-electron chi connectivity index (χ0n) is 16.1. The molecule has 1 amide bonds. The van der Waals surface area contributed by atoms with Crippen LogP contribution in [-0.4, -0.2) is 21.2 Å². The van der Waals surface area contributed by atoms with Crippen LogP contribution in [0.15, 0.2) is 46.3 Å². The van der Waals surface area contributed by atoms with Gasteiger partial charge in [-0.25, -0.2) is 4.98 Å². The number of nitrogens with zero attached hydrogens (tertiary/aromatic N) is 2. The number of carbonyl (C=O) groups excluding carboxylic acids is 1. The second kappa shape index (κ2) is 8.80. The van der Waals surface area contributed by atoms with E-state index < -0.39 is 0 Å². The molecule has 5 nitrogen and oxygen atoms in total. The lowest BCUT2D eigenvalue weighted by Crippen LogP contribution is -2.24. The number of carbonyl (C=O) groups is 1. The number of hydrogen-bond donors (Lipinski definition) is 1. The summed E-state index contributed by atoms with van der Waals surface area (Å²) in [6, 6.07) is 10.9. The van der Waals surface area contributed by atoms with Crippen molar-refractivity contribution >= 4 is 45.9 Å². The molecule has 0 spiro atoms. The van der Waals surface area contributed by atoms with E-state index in [9.17, 15) is 9.59 Å². The fourth-order valence-corrected chi connectivity index (χ4v) is 4.01. The van der Waals surface area contributed by atoms with Crippen molar-refractivity contribution in [2.45, 2.75) is 38.9 Å². The van der Waals surface area contributed by atoms with Crippen molar-refractivity contribution in [3.05, 3.63) is 62.9 Å². The number of anilines is 1. The standard InChI is InChI=1S/C21H22ClN3O2S/c1-4-10-25-20(27)16-9-8-15(22)11-17(16)23-21(25)28-12-18(26)24-19-13(2)6-5-7-14(19)3/h5-9,11H,4,10,12H2,1-3H3,(H,24,26). The summed E-state index contributed by atoms with van der Waals surface area (Å²) in [7, 11) is 0. The Morgan fingerprint density at radius 2 is 1.93 bits per heavy atom. The number of para-hydroxylation sites is 1. The van der Waals surface area contributed by atoms with E-state index >= 15 is 0 Å². The Bertz CT molecular complexity index is 1070. The SMILES string of the molecule is CCCn1c(SCC(=O)Nc2c(C)cccc2C)nc2cc(Cl)ccc2c1=O. The van der Waals surface area contributed by atoms with Crippen molar-refractivity contribution in [1.29, 1.82) is 0 Å². The molecule has 3 aromatic rings. The van der Waals surface area contributed by atoms with E-state index in [0.717, 1.165) is 23.2 Å². The Morgan fingerprint density at radius 1 is 1.21 bits per heavy atom. The summed E-state index contributed by atoms with van der Waals surface area (Å²) in [6.07, 6.45) is 0.794. The maximum atomic E-state index is 12.8. The van der Waals surface area contributed by atoms with Crippen molar-refractivity contribution in [2.24, 2.45) is 0 Å². The van der Waals surface area contributed by atoms with E-state index in [1.807, 2.05) is 39.0 Å². The molecule has 0 saturated heterocycles. The summed E-state index contributed by atoms with van der Waals surface area (Å²) in [6.45, 7) is 6.47. The molecule has 0 unspecified atom stereocenters. The van der Waals surface area contributed by atoms with Gasteiger partial charge in [-0.3, -0.25) is 14.2 Å². The van der Waals surface area contributed by atoms with Crippen LogP contribution in [0.25, 0.3) is 10.9 Å². The van der Waals surface area contributed by atoms with Gasteiger partial charge in [-0.15, -0.1) is 0 Å². The number of halogens is 1. The van der Waals surface area contributed by atoms with Crippen LogP contribution in [0.3, 0.4) is 0 Å². The lowest BCUT2D eigenvalue weighted by atomic mass is 10.1. The number of benzene rings is 2. The highest BCUT2D eigenvalue weighted by Crippen LogP contribution is 2.23. The topological polar surface area (TPSA) is 64.0 Å². The van der Waals surface area contributed by atoms with Gasteiger partial charge < -0.3 is 5.32 Å². The molecular formula is C21H22ClN3O2S. The van der Waals surface area contributed by atoms with Crippen LogP contribution in [0, 0.1) is 13.8 Å². The van der Waals surface area contributed by atoms with Crippen LogP contribution < -0.4 is 10.9 Å². The maximum absolute atomic E-state index is 12.8. The summed E-state index contributed by atoms with van der Waals surface area (Å²) >= 11 is 7.31. The average Bonchev–Trinajstić information content (AvgIpc) is 2.65. The van der Waals surface area contributed by atoms with Gasteiger partial charge in [0.2, 0.25) is 5.91 Å². The summed E-state index contributed by atoms with van der Waals surface area (Å²) < 4.78 is 1.63. The molecule has 1 aromatic heterocycles. The number of amides is 1. The van der Waals surface area contributed by atoms with Crippen LogP contribution in [0.4, 0.5) is 5.69 Å². The molecule has 0 aliphatic heterocycles. The van der Waals surface area contributed by atoms with E-state index in [1.54, 1.807) is 22.8 Å². The Balaban J connectivity index is 1.86. The Hall–Kier alpha value is -2.31. The molecule has 0 bridgehead atoms. The molecule has 146 valence electrons. The zero-order valence-corrected chi connectivity index (χ0v) is 17.7. The predicted octanol–water partition coefficient (Wildman–Crippen LogP) is 4.81. The smallest absolute Gasteiger partial charge is 0.262 e. The van der Waals surface area contributed by atoms with E-state index in [-0.39, 0.29) is 17.2 Å². The van der Waals surface area contributed by atoms with Crippen molar-refractivity contribution in [3.8, 4) is 0 Å². The minimum atomic E-state index is -0.133. The second-order valence-corrected chi connectivity index (χ2v) is 8.00. The van der Waals surface area contributed by atoms with Crippen molar-refractivity contribution in [3.63, 3.8) is 0 Å². The van der Waals surface area contributed by atoms with Crippen molar-refractivity contribution < 1.29 is 4.79 Å². The summed E-state index contributed by atoms with van der Waals surface area (Å²) in [5.41, 5.74) is 3.29. The molecule has 0 aliphatic rings. The van der Waals surface area contributed by atoms with Gasteiger partial charge in [0.15, 0.2) is 5.16 Å². The molecule has 1 heterocycles. The first kappa shape index (κ1) is 20.4. The van der Waals surface area contributed by atoms with Crippen LogP contribution in [0.2, 0.25) is 5.02 Å². The third-order valence-corrected chi connectivity index (χ3v) is 5.62. The van der Waals surface area contributed by atoms with Gasteiger partial charge in [0.25, 0.3) is 5.56 Å². The van der Waals surface area contributed by atoms with Gasteiger partial charge >= 0.3 is 0 Å². The third-order valence-electron chi connectivity index (χ3n) is 4.41. The molecule has 0 radical (unpaired) electrons. The minimum Gasteiger partial charge on any atom is -0.325 e. The van der Waals surface area contributed by atoms with Gasteiger partial charge in [0.05, 0.1) is 16.7 Å². The van der Waals surface area contributed by atoms with Crippen LogP contribution in [0.1, 0.15) is 24.5 Å². The second-order valence-electron chi connectivity index (χ2n) is 6.62. The lowest BCUT2D eigenvalue weighted by molar-refractivity contribution is -0.113. The monoisotopic (exact) mass is 415 g/mol. The number of aromatic nitrogens is 2. The number of nitrogens with one attached hydrogen (secondary N) is 1. The molecule has 0 atom stereocenters. The molecule has 0 fully saturated rings. The first-order valence-electron chi connectivity index (χ1n) is 9.09. The maximum Gasteiger partial charge on any atom is 0.262 e. The Kier molecular flexibility index (Phi) is 6.42. The first-order chi connectivity index (χ1) is 13.4. The fraction of sp³-hybridized carbons (Fsp3) is 0.286. The van der Waals surface area contributed by atoms with Crippen LogP contribution in [-0.2, 0) is 11.3 Å². The summed E-state index contributed by atoms with van der Waals surface area (Å²) in [4.78, 5) is 29.9. The number of aryl methyl sites for hydroxylation is 2. The van der Waals surface area contributed by atoms with Crippen molar-refractivity contribution in [2.75, 3.05) is 11.1 Å². The van der Waals surface area contributed by atoms with Gasteiger partial charge in [0.1, 0.15) is 0 Å². The van der Waals surface area contributed by atoms with E-state index in [4.69, 9.17) is 11.6 Å². The quantitative estimate of drug-likeness (QED) is 0.463. The summed E-state index contributed by atoms with van der Waals surface area (Å²) in [5, 5.41) is 4.55. The fourth-order valence-electron chi connectivity index (χ4n) is 3.02. The minimum absolute atomic E-state index is 0.110. The predicted molar refractivity (Wildman–Crippen MR) is 117 cm³/mol. The number of fused-ring (bicyclic) bond motifs is 1. The molecule has 1 N–H and O–H groups in total. The Morgan fingerprint density at radius 3 is 2.61 bits per heavy atom. The number of hydrogen-bond acceptors (Lipinski definition) is 4. The highest BCUT2D eigenvalue weighted by molar-refractivity contribution is 7.99. The molecule has 28 heavy (non-hydrogen) atoms. The van der Waals surface area contributed by atoms with Gasteiger partial charge in [0, 0.05) is 17.3 Å². The van der Waals surface area contributed by atoms with Gasteiger partial charge in [-0.1, -0.05) is 48.5 Å². The molecule has 0 aliphatic carbocycles. The molecule has 2 aromatic carbocycles. The molecule has 0 saturated carbocycles. The van der Waals surface area contributed by atoms with E-state index in [1.165, 1.54) is 11.8 Å². The van der Waals surface area contributed by atoms with E-state index in [2.05, 4.69) is 10.3 Å². The molecule has 7 heteroatoms. The van der Waals surface area contributed by atoms with Crippen molar-refractivity contribution in [1.82, 2.24) is 9.55 Å². The van der Waals surface area contributed by atoms with Gasteiger partial charge in [-0.2, -0.15) is 0 Å². The Labute approximate surface area is 173 Å². The van der Waals surface area contributed by atoms with E-state index in [0.29, 0.717) is 27.6 Å². The van der Waals surface area contributed by atoms with Crippen LogP contribution in [0.5, 0.6) is 0 Å². The average molecular weight is 416 g/mol. The highest BCUT2D eigenvalue weighted by atomic mass is 35.5. The largest absolute Gasteiger partial charge is 0.325 e. The highest BCUT2D eigenvalue weighted by Gasteiger charge is 2.14. The summed E-state index contributed by atoms with van der Waals surface area (Å²) in [5.74, 6) is 0.0293.